The summed E-state index contributed by atoms with van der Waals surface area (Å²) in [4.78, 5) is 22.0. The minimum atomic E-state index is -0.392. The van der Waals surface area contributed by atoms with Crippen LogP contribution in [-0.4, -0.2) is 22.0 Å². The van der Waals surface area contributed by atoms with Crippen molar-refractivity contribution >= 4 is 11.8 Å². The fourth-order valence-electron chi connectivity index (χ4n) is 1.10. The topological polar surface area (TPSA) is 72.0 Å². The standard InChI is InChI=1S/C7H5N3O2/c11-6-1-4-2-8-9-3-5(4)7(12)10-6/h2-3H,1H2,(H,10,11,12). The molecule has 0 saturated heterocycles. The third kappa shape index (κ3) is 0.952. The molecule has 1 aliphatic heterocycles. The highest BCUT2D eigenvalue weighted by Crippen LogP contribution is 2.10. The molecule has 5 nitrogen and oxygen atoms in total. The Balaban J connectivity index is 2.54. The van der Waals surface area contributed by atoms with E-state index in [4.69, 9.17) is 0 Å². The van der Waals surface area contributed by atoms with Crippen LogP contribution >= 0.6 is 0 Å². The van der Waals surface area contributed by atoms with Crippen LogP contribution in [0.25, 0.3) is 0 Å². The first kappa shape index (κ1) is 6.90. The predicted octanol–water partition coefficient (Wildman–Crippen LogP) is -0.711. The third-order valence-electron chi connectivity index (χ3n) is 1.66. The van der Waals surface area contributed by atoms with Gasteiger partial charge in [-0.2, -0.15) is 10.2 Å². The Morgan fingerprint density at radius 1 is 1.25 bits per heavy atom. The minimum absolute atomic E-state index is 0.205. The van der Waals surface area contributed by atoms with Crippen LogP contribution in [-0.2, 0) is 11.2 Å². The second-order valence-electron chi connectivity index (χ2n) is 2.48. The van der Waals surface area contributed by atoms with Crippen LogP contribution in [0.2, 0.25) is 0 Å². The Labute approximate surface area is 67.8 Å². The van der Waals surface area contributed by atoms with Crippen molar-refractivity contribution in [2.75, 3.05) is 0 Å². The van der Waals surface area contributed by atoms with Crippen LogP contribution in [0.4, 0.5) is 0 Å². The Bertz CT molecular complexity index is 361. The van der Waals surface area contributed by atoms with E-state index >= 15 is 0 Å². The van der Waals surface area contributed by atoms with Gasteiger partial charge in [0.05, 0.1) is 24.4 Å². The van der Waals surface area contributed by atoms with Crippen molar-refractivity contribution < 1.29 is 9.59 Å². The van der Waals surface area contributed by atoms with Crippen molar-refractivity contribution in [3.63, 3.8) is 0 Å². The number of fused-ring (bicyclic) bond motifs is 1. The molecule has 2 rings (SSSR count). The number of amides is 2. The molecule has 0 radical (unpaired) electrons. The highest BCUT2D eigenvalue weighted by atomic mass is 16.2. The van der Waals surface area contributed by atoms with Gasteiger partial charge < -0.3 is 0 Å². The monoisotopic (exact) mass is 163 g/mol. The van der Waals surface area contributed by atoms with Gasteiger partial charge in [0.15, 0.2) is 0 Å². The second-order valence-corrected chi connectivity index (χ2v) is 2.48. The van der Waals surface area contributed by atoms with E-state index < -0.39 is 5.91 Å². The van der Waals surface area contributed by atoms with E-state index in [0.29, 0.717) is 11.1 Å². The summed E-state index contributed by atoms with van der Waals surface area (Å²) in [5.41, 5.74) is 1.07. The molecule has 1 N–H and O–H groups in total. The highest BCUT2D eigenvalue weighted by Gasteiger charge is 2.21. The number of carbonyl (C=O) groups is 2. The van der Waals surface area contributed by atoms with Crippen molar-refractivity contribution in [3.05, 3.63) is 23.5 Å². The van der Waals surface area contributed by atoms with Crippen LogP contribution in [0, 0.1) is 0 Å². The van der Waals surface area contributed by atoms with E-state index in [2.05, 4.69) is 15.5 Å². The number of aromatic nitrogens is 2. The van der Waals surface area contributed by atoms with Crippen LogP contribution in [0.1, 0.15) is 15.9 Å². The smallest absolute Gasteiger partial charge is 0.259 e. The number of hydrogen-bond donors (Lipinski definition) is 1. The number of carbonyl (C=O) groups excluding carboxylic acids is 2. The number of nitrogens with one attached hydrogen (secondary N) is 1. The molecule has 0 fully saturated rings. The molecule has 12 heavy (non-hydrogen) atoms. The summed E-state index contributed by atoms with van der Waals surface area (Å²) in [6.07, 6.45) is 3.00. The highest BCUT2D eigenvalue weighted by molar-refractivity contribution is 6.09. The quantitative estimate of drug-likeness (QED) is 0.513. The lowest BCUT2D eigenvalue weighted by atomic mass is 10.0. The number of imide groups is 1. The van der Waals surface area contributed by atoms with Crippen molar-refractivity contribution in [3.8, 4) is 0 Å². The first-order valence-corrected chi connectivity index (χ1v) is 3.41. The second kappa shape index (κ2) is 2.37. The summed E-state index contributed by atoms with van der Waals surface area (Å²) in [5, 5.41) is 9.33. The molecular formula is C7H5N3O2. The lowest BCUT2D eigenvalue weighted by Gasteiger charge is -2.12. The van der Waals surface area contributed by atoms with E-state index in [1.807, 2.05) is 0 Å². The van der Waals surface area contributed by atoms with Gasteiger partial charge in [-0.25, -0.2) is 0 Å². The maximum Gasteiger partial charge on any atom is 0.259 e. The van der Waals surface area contributed by atoms with Crippen LogP contribution < -0.4 is 5.32 Å². The molecule has 60 valence electrons. The van der Waals surface area contributed by atoms with Gasteiger partial charge in [-0.15, -0.1) is 0 Å². The summed E-state index contributed by atoms with van der Waals surface area (Å²) < 4.78 is 0. The number of nitrogens with zero attached hydrogens (tertiary/aromatic N) is 2. The van der Waals surface area contributed by atoms with Gasteiger partial charge in [-0.05, 0) is 5.56 Å². The van der Waals surface area contributed by atoms with Gasteiger partial charge in [0.2, 0.25) is 5.91 Å². The number of rotatable bonds is 0. The Kier molecular flexibility index (Phi) is 1.36. The van der Waals surface area contributed by atoms with Gasteiger partial charge in [-0.3, -0.25) is 14.9 Å². The zero-order valence-corrected chi connectivity index (χ0v) is 6.07. The van der Waals surface area contributed by atoms with E-state index in [0.717, 1.165) is 0 Å². The average molecular weight is 163 g/mol. The van der Waals surface area contributed by atoms with E-state index in [9.17, 15) is 9.59 Å². The molecular weight excluding hydrogens is 158 g/mol. The first-order chi connectivity index (χ1) is 5.77. The van der Waals surface area contributed by atoms with E-state index in [-0.39, 0.29) is 12.3 Å². The average Bonchev–Trinajstić information content (AvgIpc) is 2.04. The van der Waals surface area contributed by atoms with Crippen LogP contribution in [0.15, 0.2) is 12.4 Å². The Hall–Kier alpha value is -1.78. The van der Waals surface area contributed by atoms with E-state index in [1.165, 1.54) is 12.4 Å². The zero-order chi connectivity index (χ0) is 8.55. The summed E-state index contributed by atoms with van der Waals surface area (Å²) in [7, 11) is 0. The Morgan fingerprint density at radius 2 is 2.00 bits per heavy atom. The third-order valence-corrected chi connectivity index (χ3v) is 1.66. The van der Waals surface area contributed by atoms with E-state index in [1.54, 1.807) is 0 Å². The van der Waals surface area contributed by atoms with Crippen LogP contribution in [0.3, 0.4) is 0 Å². The molecule has 5 heteroatoms. The first-order valence-electron chi connectivity index (χ1n) is 3.41. The van der Waals surface area contributed by atoms with Crippen molar-refractivity contribution in [1.29, 1.82) is 0 Å². The predicted molar refractivity (Wildman–Crippen MR) is 38.2 cm³/mol. The SMILES string of the molecule is O=C1Cc2cnncc2C(=O)N1. The minimum Gasteiger partial charge on any atom is -0.292 e. The maximum absolute atomic E-state index is 11.1. The van der Waals surface area contributed by atoms with Gasteiger partial charge in [0.1, 0.15) is 0 Å². The zero-order valence-electron chi connectivity index (χ0n) is 6.07. The maximum atomic E-state index is 11.1. The summed E-state index contributed by atoms with van der Waals surface area (Å²) in [6, 6.07) is 0. The largest absolute Gasteiger partial charge is 0.292 e. The molecule has 0 saturated carbocycles. The summed E-state index contributed by atoms with van der Waals surface area (Å²) >= 11 is 0. The normalized spacial score (nSPS) is 15.3. The lowest BCUT2D eigenvalue weighted by molar-refractivity contribution is -0.119. The van der Waals surface area contributed by atoms with Crippen molar-refractivity contribution in [1.82, 2.24) is 15.5 Å². The van der Waals surface area contributed by atoms with Gasteiger partial charge in [0, 0.05) is 0 Å². The molecule has 0 unspecified atom stereocenters. The molecule has 2 heterocycles. The van der Waals surface area contributed by atoms with Gasteiger partial charge in [-0.1, -0.05) is 0 Å². The lowest BCUT2D eigenvalue weighted by Crippen LogP contribution is -2.37. The molecule has 0 aliphatic carbocycles. The molecule has 0 bridgehead atoms. The molecule has 2 amide bonds. The van der Waals surface area contributed by atoms with Crippen molar-refractivity contribution in [2.45, 2.75) is 6.42 Å². The molecule has 1 aromatic rings. The summed E-state index contributed by atoms with van der Waals surface area (Å²) in [5.74, 6) is -0.684. The van der Waals surface area contributed by atoms with Crippen molar-refractivity contribution in [2.24, 2.45) is 0 Å². The molecule has 0 atom stereocenters. The molecule has 1 aliphatic rings. The number of hydrogen-bond acceptors (Lipinski definition) is 4. The fraction of sp³-hybridized carbons (Fsp3) is 0.143. The Morgan fingerprint density at radius 3 is 2.83 bits per heavy atom. The fourth-order valence-corrected chi connectivity index (χ4v) is 1.10. The van der Waals surface area contributed by atoms with Crippen LogP contribution in [0.5, 0.6) is 0 Å². The van der Waals surface area contributed by atoms with Gasteiger partial charge >= 0.3 is 0 Å². The molecule has 0 aromatic carbocycles. The molecule has 0 spiro atoms. The van der Waals surface area contributed by atoms with Gasteiger partial charge in [0.25, 0.3) is 5.91 Å². The molecule has 1 aromatic heterocycles. The summed E-state index contributed by atoms with van der Waals surface area (Å²) in [6.45, 7) is 0.